The van der Waals surface area contributed by atoms with Gasteiger partial charge in [0.1, 0.15) is 0 Å². The lowest BCUT2D eigenvalue weighted by atomic mass is 10.6. The van der Waals surface area contributed by atoms with Crippen LogP contribution in [0.15, 0.2) is 0 Å². The standard InChI is InChI=1S/C6H13BrOS/c1-6(2)9(8)5-3-4-7/h6H,3-5H2,1-2H3. The highest BCUT2D eigenvalue weighted by atomic mass is 79.9. The van der Waals surface area contributed by atoms with E-state index in [-0.39, 0.29) is 0 Å². The lowest BCUT2D eigenvalue weighted by Gasteiger charge is -2.01. The molecule has 1 nitrogen and oxygen atoms in total. The quantitative estimate of drug-likeness (QED) is 0.652. The van der Waals surface area contributed by atoms with Crippen molar-refractivity contribution >= 4 is 26.7 Å². The highest BCUT2D eigenvalue weighted by molar-refractivity contribution is 9.09. The number of hydrogen-bond acceptors (Lipinski definition) is 1. The van der Waals surface area contributed by atoms with Gasteiger partial charge in [0.2, 0.25) is 0 Å². The van der Waals surface area contributed by atoms with Gasteiger partial charge in [0.25, 0.3) is 0 Å². The average Bonchev–Trinajstić information content (AvgIpc) is 1.82. The summed E-state index contributed by atoms with van der Waals surface area (Å²) in [6, 6.07) is 0. The second-order valence-electron chi connectivity index (χ2n) is 2.18. The topological polar surface area (TPSA) is 17.1 Å². The molecule has 0 spiro atoms. The van der Waals surface area contributed by atoms with Gasteiger partial charge in [-0.2, -0.15) is 0 Å². The van der Waals surface area contributed by atoms with Gasteiger partial charge < -0.3 is 0 Å². The molecule has 9 heavy (non-hydrogen) atoms. The predicted molar refractivity (Wildman–Crippen MR) is 46.6 cm³/mol. The minimum atomic E-state index is -0.602. The molecule has 0 rings (SSSR count). The molecule has 1 atom stereocenters. The van der Waals surface area contributed by atoms with Crippen LogP contribution in [0.1, 0.15) is 20.3 Å². The van der Waals surface area contributed by atoms with Crippen molar-refractivity contribution in [1.29, 1.82) is 0 Å². The van der Waals surface area contributed by atoms with Gasteiger partial charge in [-0.25, -0.2) is 0 Å². The van der Waals surface area contributed by atoms with E-state index < -0.39 is 10.8 Å². The zero-order chi connectivity index (χ0) is 7.28. The lowest BCUT2D eigenvalue weighted by Crippen LogP contribution is -2.09. The smallest absolute Gasteiger partial charge is 0.0291 e. The maximum absolute atomic E-state index is 11.0. The third kappa shape index (κ3) is 5.09. The van der Waals surface area contributed by atoms with E-state index in [1.54, 1.807) is 0 Å². The molecule has 0 bridgehead atoms. The molecule has 0 fully saturated rings. The maximum Gasteiger partial charge on any atom is 0.0291 e. The molecule has 0 heterocycles. The first kappa shape index (κ1) is 9.63. The minimum absolute atomic E-state index is 0.323. The highest BCUT2D eigenvalue weighted by Gasteiger charge is 2.02. The zero-order valence-electron chi connectivity index (χ0n) is 5.89. The first-order chi connectivity index (χ1) is 4.18. The predicted octanol–water partition coefficient (Wildman–Crippen LogP) is 1.93. The number of halogens is 1. The van der Waals surface area contributed by atoms with Crippen molar-refractivity contribution in [2.45, 2.75) is 25.5 Å². The Kier molecular flexibility index (Phi) is 5.80. The summed E-state index contributed by atoms with van der Waals surface area (Å²) in [5.74, 6) is 0.836. The number of rotatable bonds is 4. The summed E-state index contributed by atoms with van der Waals surface area (Å²) in [5.41, 5.74) is 0. The zero-order valence-corrected chi connectivity index (χ0v) is 8.30. The van der Waals surface area contributed by atoms with Gasteiger partial charge in [-0.1, -0.05) is 29.8 Å². The van der Waals surface area contributed by atoms with Crippen molar-refractivity contribution in [2.24, 2.45) is 0 Å². The van der Waals surface area contributed by atoms with E-state index >= 15 is 0 Å². The van der Waals surface area contributed by atoms with Gasteiger partial charge in [-0.3, -0.25) is 4.21 Å². The fourth-order valence-electron chi connectivity index (χ4n) is 0.433. The molecule has 0 aliphatic heterocycles. The molecule has 0 radical (unpaired) electrons. The Morgan fingerprint density at radius 3 is 2.44 bits per heavy atom. The first-order valence-electron chi connectivity index (χ1n) is 3.11. The third-order valence-electron chi connectivity index (χ3n) is 1.00. The highest BCUT2D eigenvalue weighted by Crippen LogP contribution is 1.97. The van der Waals surface area contributed by atoms with Crippen LogP contribution in [0.25, 0.3) is 0 Å². The monoisotopic (exact) mass is 212 g/mol. The van der Waals surface area contributed by atoms with Crippen molar-refractivity contribution < 1.29 is 4.21 Å². The molecule has 1 unspecified atom stereocenters. The first-order valence-corrected chi connectivity index (χ1v) is 5.62. The third-order valence-corrected chi connectivity index (χ3v) is 3.31. The van der Waals surface area contributed by atoms with Crippen molar-refractivity contribution in [2.75, 3.05) is 11.1 Å². The Morgan fingerprint density at radius 2 is 2.11 bits per heavy atom. The Labute approximate surface area is 67.8 Å². The summed E-state index contributed by atoms with van der Waals surface area (Å²) < 4.78 is 11.0. The summed E-state index contributed by atoms with van der Waals surface area (Å²) in [7, 11) is -0.602. The lowest BCUT2D eigenvalue weighted by molar-refractivity contribution is 0.675. The van der Waals surface area contributed by atoms with Gasteiger partial charge in [0, 0.05) is 27.1 Å². The molecule has 0 aromatic carbocycles. The van der Waals surface area contributed by atoms with Crippen LogP contribution in [0, 0.1) is 0 Å². The van der Waals surface area contributed by atoms with Crippen molar-refractivity contribution in [3.63, 3.8) is 0 Å². The maximum atomic E-state index is 11.0. The summed E-state index contributed by atoms with van der Waals surface area (Å²) in [6.45, 7) is 3.98. The second-order valence-corrected chi connectivity index (χ2v) is 5.08. The minimum Gasteiger partial charge on any atom is -0.259 e. The SMILES string of the molecule is CC(C)S(=O)CCCBr. The van der Waals surface area contributed by atoms with Gasteiger partial charge in [-0.05, 0) is 6.42 Å². The Balaban J connectivity index is 3.28. The van der Waals surface area contributed by atoms with Crippen LogP contribution < -0.4 is 0 Å². The summed E-state index contributed by atoms with van der Waals surface area (Å²) >= 11 is 3.29. The van der Waals surface area contributed by atoms with Crippen LogP contribution in [0.5, 0.6) is 0 Å². The molecule has 56 valence electrons. The van der Waals surface area contributed by atoms with Crippen molar-refractivity contribution in [3.8, 4) is 0 Å². The fraction of sp³-hybridized carbons (Fsp3) is 1.00. The van der Waals surface area contributed by atoms with Crippen LogP contribution in [0.4, 0.5) is 0 Å². The van der Waals surface area contributed by atoms with E-state index in [0.29, 0.717) is 5.25 Å². The van der Waals surface area contributed by atoms with Gasteiger partial charge in [0.15, 0.2) is 0 Å². The van der Waals surface area contributed by atoms with Gasteiger partial charge >= 0.3 is 0 Å². The van der Waals surface area contributed by atoms with E-state index in [0.717, 1.165) is 17.5 Å². The van der Waals surface area contributed by atoms with Crippen LogP contribution in [-0.4, -0.2) is 20.5 Å². The van der Waals surface area contributed by atoms with Crippen LogP contribution >= 0.6 is 15.9 Å². The van der Waals surface area contributed by atoms with Crippen LogP contribution in [0.3, 0.4) is 0 Å². The average molecular weight is 213 g/mol. The van der Waals surface area contributed by atoms with Crippen LogP contribution in [0.2, 0.25) is 0 Å². The second kappa shape index (κ2) is 5.42. The molecule has 0 saturated heterocycles. The van der Waals surface area contributed by atoms with E-state index in [1.807, 2.05) is 13.8 Å². The largest absolute Gasteiger partial charge is 0.259 e. The number of alkyl halides is 1. The molecule has 0 N–H and O–H groups in total. The molecule has 0 aliphatic carbocycles. The summed E-state index contributed by atoms with van der Waals surface area (Å²) in [5, 5.41) is 1.29. The summed E-state index contributed by atoms with van der Waals surface area (Å²) in [6.07, 6.45) is 1.02. The van der Waals surface area contributed by atoms with Crippen LogP contribution in [-0.2, 0) is 10.8 Å². The van der Waals surface area contributed by atoms with E-state index in [4.69, 9.17) is 0 Å². The Bertz CT molecular complexity index is 93.1. The molecule has 3 heteroatoms. The van der Waals surface area contributed by atoms with Crippen molar-refractivity contribution in [3.05, 3.63) is 0 Å². The molecular formula is C6H13BrOS. The number of hydrogen-bond donors (Lipinski definition) is 0. The Hall–Kier alpha value is 0.630. The fourth-order valence-corrected chi connectivity index (χ4v) is 1.98. The normalized spacial score (nSPS) is 14.2. The summed E-state index contributed by atoms with van der Waals surface area (Å²) in [4.78, 5) is 0. The molecule has 0 amide bonds. The van der Waals surface area contributed by atoms with E-state index in [1.165, 1.54) is 0 Å². The molecule has 0 aromatic heterocycles. The van der Waals surface area contributed by atoms with Gasteiger partial charge in [0.05, 0.1) is 0 Å². The molecular weight excluding hydrogens is 200 g/mol. The molecule has 0 aliphatic rings. The molecule has 0 saturated carbocycles. The van der Waals surface area contributed by atoms with E-state index in [2.05, 4.69) is 15.9 Å². The molecule has 0 aromatic rings. The Morgan fingerprint density at radius 1 is 1.56 bits per heavy atom. The van der Waals surface area contributed by atoms with Crippen molar-refractivity contribution in [1.82, 2.24) is 0 Å². The van der Waals surface area contributed by atoms with E-state index in [9.17, 15) is 4.21 Å². The van der Waals surface area contributed by atoms with Gasteiger partial charge in [-0.15, -0.1) is 0 Å².